The SMILES string of the molecule is CC1CN(C(=O)NCc2ccccc2)CC/C1=N\O. The van der Waals surface area contributed by atoms with Crippen LogP contribution in [0.4, 0.5) is 4.79 Å². The van der Waals surface area contributed by atoms with Gasteiger partial charge in [-0.1, -0.05) is 42.4 Å². The number of hydrogen-bond donors (Lipinski definition) is 2. The van der Waals surface area contributed by atoms with Gasteiger partial charge >= 0.3 is 6.03 Å². The van der Waals surface area contributed by atoms with Crippen molar-refractivity contribution in [1.29, 1.82) is 0 Å². The average Bonchev–Trinajstić information content (AvgIpc) is 2.45. The maximum absolute atomic E-state index is 12.0. The van der Waals surface area contributed by atoms with Crippen LogP contribution in [-0.4, -0.2) is 34.9 Å². The standard InChI is InChI=1S/C14H19N3O2/c1-11-10-17(8-7-13(11)16-19)14(18)15-9-12-5-3-2-4-6-12/h2-6,11,19H,7-10H2,1H3,(H,15,18)/b16-13+. The molecule has 1 atom stereocenters. The number of amides is 2. The summed E-state index contributed by atoms with van der Waals surface area (Å²) in [4.78, 5) is 13.8. The molecule has 1 heterocycles. The number of carbonyl (C=O) groups excluding carboxylic acids is 1. The van der Waals surface area contributed by atoms with Gasteiger partial charge in [0.1, 0.15) is 0 Å². The monoisotopic (exact) mass is 261 g/mol. The maximum atomic E-state index is 12.0. The number of oxime groups is 1. The molecule has 0 spiro atoms. The van der Waals surface area contributed by atoms with E-state index in [1.807, 2.05) is 37.3 Å². The molecule has 1 aromatic carbocycles. The Bertz CT molecular complexity index is 459. The Labute approximate surface area is 112 Å². The van der Waals surface area contributed by atoms with Crippen LogP contribution in [-0.2, 0) is 6.54 Å². The number of piperidine rings is 1. The van der Waals surface area contributed by atoms with E-state index in [0.29, 0.717) is 26.1 Å². The first-order valence-corrected chi connectivity index (χ1v) is 6.48. The van der Waals surface area contributed by atoms with Crippen molar-refractivity contribution in [2.45, 2.75) is 19.9 Å². The van der Waals surface area contributed by atoms with Crippen LogP contribution in [0.1, 0.15) is 18.9 Å². The van der Waals surface area contributed by atoms with E-state index >= 15 is 0 Å². The lowest BCUT2D eigenvalue weighted by Gasteiger charge is -2.31. The van der Waals surface area contributed by atoms with Crippen LogP contribution in [0.25, 0.3) is 0 Å². The van der Waals surface area contributed by atoms with Gasteiger partial charge in [0.25, 0.3) is 0 Å². The highest BCUT2D eigenvalue weighted by molar-refractivity contribution is 5.88. The van der Waals surface area contributed by atoms with Crippen molar-refractivity contribution in [3.05, 3.63) is 35.9 Å². The molecule has 0 saturated carbocycles. The van der Waals surface area contributed by atoms with E-state index in [9.17, 15) is 4.79 Å². The molecular formula is C14H19N3O2. The summed E-state index contributed by atoms with van der Waals surface area (Å²) in [5, 5.41) is 15.0. The second-order valence-corrected chi connectivity index (χ2v) is 4.83. The predicted octanol–water partition coefficient (Wildman–Crippen LogP) is 2.07. The highest BCUT2D eigenvalue weighted by atomic mass is 16.4. The Kier molecular flexibility index (Phi) is 4.39. The van der Waals surface area contributed by atoms with Gasteiger partial charge in [-0.2, -0.15) is 0 Å². The molecule has 0 radical (unpaired) electrons. The van der Waals surface area contributed by atoms with E-state index < -0.39 is 0 Å². The van der Waals surface area contributed by atoms with E-state index in [0.717, 1.165) is 11.3 Å². The first-order chi connectivity index (χ1) is 9.20. The van der Waals surface area contributed by atoms with Gasteiger partial charge in [0.15, 0.2) is 0 Å². The van der Waals surface area contributed by atoms with Gasteiger partial charge in [-0.15, -0.1) is 0 Å². The lowest BCUT2D eigenvalue weighted by molar-refractivity contribution is 0.189. The van der Waals surface area contributed by atoms with E-state index in [1.165, 1.54) is 0 Å². The van der Waals surface area contributed by atoms with Gasteiger partial charge < -0.3 is 15.4 Å². The zero-order chi connectivity index (χ0) is 13.7. The van der Waals surface area contributed by atoms with Crippen LogP contribution in [0.3, 0.4) is 0 Å². The van der Waals surface area contributed by atoms with Crippen LogP contribution in [0.15, 0.2) is 35.5 Å². The van der Waals surface area contributed by atoms with Gasteiger partial charge in [0.05, 0.1) is 5.71 Å². The Morgan fingerprint density at radius 3 is 2.84 bits per heavy atom. The number of nitrogens with zero attached hydrogens (tertiary/aromatic N) is 2. The van der Waals surface area contributed by atoms with Crippen LogP contribution in [0, 0.1) is 5.92 Å². The predicted molar refractivity (Wildman–Crippen MR) is 73.3 cm³/mol. The number of nitrogens with one attached hydrogen (secondary N) is 1. The quantitative estimate of drug-likeness (QED) is 0.632. The minimum Gasteiger partial charge on any atom is -0.411 e. The van der Waals surface area contributed by atoms with Crippen molar-refractivity contribution in [1.82, 2.24) is 10.2 Å². The number of carbonyl (C=O) groups is 1. The highest BCUT2D eigenvalue weighted by Crippen LogP contribution is 2.13. The summed E-state index contributed by atoms with van der Waals surface area (Å²) in [5.41, 5.74) is 1.85. The minimum atomic E-state index is -0.0623. The first-order valence-electron chi connectivity index (χ1n) is 6.48. The van der Waals surface area contributed by atoms with Crippen molar-refractivity contribution < 1.29 is 10.0 Å². The summed E-state index contributed by atoms with van der Waals surface area (Å²) in [6.45, 7) is 3.70. The fourth-order valence-corrected chi connectivity index (χ4v) is 2.24. The Hall–Kier alpha value is -2.04. The van der Waals surface area contributed by atoms with E-state index in [1.54, 1.807) is 4.90 Å². The van der Waals surface area contributed by atoms with E-state index in [4.69, 9.17) is 5.21 Å². The molecule has 0 aliphatic carbocycles. The summed E-state index contributed by atoms with van der Waals surface area (Å²) in [6, 6.07) is 9.76. The summed E-state index contributed by atoms with van der Waals surface area (Å²) in [5.74, 6) is 0.112. The number of benzene rings is 1. The zero-order valence-electron chi connectivity index (χ0n) is 11.0. The molecule has 2 N–H and O–H groups in total. The fraction of sp³-hybridized carbons (Fsp3) is 0.429. The Morgan fingerprint density at radius 2 is 2.21 bits per heavy atom. The molecular weight excluding hydrogens is 242 g/mol. The fourth-order valence-electron chi connectivity index (χ4n) is 2.24. The minimum absolute atomic E-state index is 0.0623. The van der Waals surface area contributed by atoms with Gasteiger partial charge in [0.2, 0.25) is 0 Å². The van der Waals surface area contributed by atoms with Crippen LogP contribution >= 0.6 is 0 Å². The van der Waals surface area contributed by atoms with Gasteiger partial charge in [-0.05, 0) is 5.56 Å². The van der Waals surface area contributed by atoms with Crippen molar-refractivity contribution in [2.24, 2.45) is 11.1 Å². The van der Waals surface area contributed by atoms with Crippen molar-refractivity contribution in [3.8, 4) is 0 Å². The molecule has 1 unspecified atom stereocenters. The van der Waals surface area contributed by atoms with Crippen LogP contribution in [0.2, 0.25) is 0 Å². The summed E-state index contributed by atoms with van der Waals surface area (Å²) >= 11 is 0. The second kappa shape index (κ2) is 6.22. The van der Waals surface area contributed by atoms with Gasteiger partial charge in [0, 0.05) is 32.0 Å². The van der Waals surface area contributed by atoms with Crippen molar-refractivity contribution in [3.63, 3.8) is 0 Å². The number of likely N-dealkylation sites (tertiary alicyclic amines) is 1. The Balaban J connectivity index is 1.84. The van der Waals surface area contributed by atoms with Crippen molar-refractivity contribution >= 4 is 11.7 Å². The number of rotatable bonds is 2. The molecule has 19 heavy (non-hydrogen) atoms. The first kappa shape index (κ1) is 13.4. The topological polar surface area (TPSA) is 64.9 Å². The summed E-state index contributed by atoms with van der Waals surface area (Å²) in [7, 11) is 0. The van der Waals surface area contributed by atoms with Crippen LogP contribution in [0.5, 0.6) is 0 Å². The molecule has 5 nitrogen and oxygen atoms in total. The molecule has 1 saturated heterocycles. The molecule has 1 aliphatic heterocycles. The zero-order valence-corrected chi connectivity index (χ0v) is 11.0. The largest absolute Gasteiger partial charge is 0.411 e. The molecule has 1 aromatic rings. The third-order valence-electron chi connectivity index (χ3n) is 3.40. The highest BCUT2D eigenvalue weighted by Gasteiger charge is 2.25. The van der Waals surface area contributed by atoms with Gasteiger partial charge in [-0.25, -0.2) is 4.79 Å². The lowest BCUT2D eigenvalue weighted by atomic mass is 9.98. The molecule has 2 rings (SSSR count). The molecule has 0 aromatic heterocycles. The third kappa shape index (κ3) is 3.47. The normalized spacial score (nSPS) is 21.4. The van der Waals surface area contributed by atoms with Crippen LogP contribution < -0.4 is 5.32 Å². The molecule has 0 bridgehead atoms. The molecule has 1 aliphatic rings. The molecule has 5 heteroatoms. The number of hydrogen-bond acceptors (Lipinski definition) is 3. The molecule has 102 valence electrons. The maximum Gasteiger partial charge on any atom is 0.317 e. The lowest BCUT2D eigenvalue weighted by Crippen LogP contribution is -2.47. The molecule has 2 amide bonds. The second-order valence-electron chi connectivity index (χ2n) is 4.83. The summed E-state index contributed by atoms with van der Waals surface area (Å²) < 4.78 is 0. The number of urea groups is 1. The third-order valence-corrected chi connectivity index (χ3v) is 3.40. The van der Waals surface area contributed by atoms with Gasteiger partial charge in [-0.3, -0.25) is 0 Å². The van der Waals surface area contributed by atoms with E-state index in [2.05, 4.69) is 10.5 Å². The van der Waals surface area contributed by atoms with E-state index in [-0.39, 0.29) is 11.9 Å². The smallest absolute Gasteiger partial charge is 0.317 e. The Morgan fingerprint density at radius 1 is 1.47 bits per heavy atom. The van der Waals surface area contributed by atoms with Crippen molar-refractivity contribution in [2.75, 3.05) is 13.1 Å². The summed E-state index contributed by atoms with van der Waals surface area (Å²) in [6.07, 6.45) is 0.635. The molecule has 1 fully saturated rings. The average molecular weight is 261 g/mol.